The number of rotatable bonds is 2. The summed E-state index contributed by atoms with van der Waals surface area (Å²) in [6.45, 7) is 0. The molecular weight excluding hydrogens is 298 g/mol. The number of carbonyl (C=O) groups excluding carboxylic acids is 2. The van der Waals surface area contributed by atoms with Crippen molar-refractivity contribution in [2.45, 2.75) is 0 Å². The number of phenolic OH excluding ortho intramolecular Hbond substituents is 1. The van der Waals surface area contributed by atoms with Gasteiger partial charge in [-0.3, -0.25) is 0 Å². The fourth-order valence-electron chi connectivity index (χ4n) is 2.40. The molecule has 6 nitrogen and oxygen atoms in total. The van der Waals surface area contributed by atoms with Crippen molar-refractivity contribution in [2.24, 2.45) is 0 Å². The van der Waals surface area contributed by atoms with E-state index in [4.69, 9.17) is 0 Å². The molecule has 0 aliphatic carbocycles. The molecular formula is C17H13NO5. The SMILES string of the molecule is COC(=O)c1ccc2cc3c(O)c(C(=O)OC)ccc3nc2c1. The van der Waals surface area contributed by atoms with Gasteiger partial charge in [0.05, 0.1) is 30.8 Å². The third kappa shape index (κ3) is 2.44. The maximum Gasteiger partial charge on any atom is 0.341 e. The number of benzene rings is 2. The molecule has 0 unspecified atom stereocenters. The van der Waals surface area contributed by atoms with Crippen LogP contribution in [0.5, 0.6) is 5.75 Å². The van der Waals surface area contributed by atoms with Crippen LogP contribution in [-0.4, -0.2) is 36.2 Å². The molecule has 1 aromatic heterocycles. The van der Waals surface area contributed by atoms with Crippen LogP contribution in [0.3, 0.4) is 0 Å². The third-order valence-electron chi connectivity index (χ3n) is 3.59. The van der Waals surface area contributed by atoms with E-state index in [-0.39, 0.29) is 11.3 Å². The molecule has 23 heavy (non-hydrogen) atoms. The first-order valence-corrected chi connectivity index (χ1v) is 6.78. The molecule has 3 rings (SSSR count). The zero-order valence-corrected chi connectivity index (χ0v) is 12.5. The number of methoxy groups -OCH3 is 2. The maximum absolute atomic E-state index is 11.6. The molecule has 0 bridgehead atoms. The van der Waals surface area contributed by atoms with E-state index in [2.05, 4.69) is 14.5 Å². The van der Waals surface area contributed by atoms with Crippen molar-refractivity contribution >= 4 is 33.7 Å². The average molecular weight is 311 g/mol. The monoisotopic (exact) mass is 311 g/mol. The predicted octanol–water partition coefficient (Wildman–Crippen LogP) is 2.67. The zero-order valence-electron chi connectivity index (χ0n) is 12.5. The number of hydrogen-bond acceptors (Lipinski definition) is 6. The number of fused-ring (bicyclic) bond motifs is 2. The standard InChI is InChI=1S/C17H13NO5/c1-22-16(20)10-4-3-9-7-12-13(18-14(9)8-10)6-5-11(15(12)19)17(21)23-2/h3-8,19H,1-2H3. The van der Waals surface area contributed by atoms with E-state index in [1.54, 1.807) is 30.3 Å². The normalized spacial score (nSPS) is 10.7. The van der Waals surface area contributed by atoms with E-state index >= 15 is 0 Å². The van der Waals surface area contributed by atoms with E-state index in [0.717, 1.165) is 5.39 Å². The molecule has 6 heteroatoms. The summed E-state index contributed by atoms with van der Waals surface area (Å²) < 4.78 is 9.33. The van der Waals surface area contributed by atoms with E-state index < -0.39 is 11.9 Å². The van der Waals surface area contributed by atoms with Crippen LogP contribution in [0.1, 0.15) is 20.7 Å². The molecule has 0 spiro atoms. The molecule has 0 amide bonds. The molecule has 0 fully saturated rings. The molecule has 1 N–H and O–H groups in total. The van der Waals surface area contributed by atoms with Gasteiger partial charge in [0.1, 0.15) is 11.3 Å². The Morgan fingerprint density at radius 1 is 0.957 bits per heavy atom. The van der Waals surface area contributed by atoms with Crippen LogP contribution in [0.25, 0.3) is 21.8 Å². The first kappa shape index (κ1) is 14.8. The van der Waals surface area contributed by atoms with Gasteiger partial charge in [0.25, 0.3) is 0 Å². The Morgan fingerprint density at radius 3 is 2.39 bits per heavy atom. The van der Waals surface area contributed by atoms with Crippen LogP contribution < -0.4 is 0 Å². The van der Waals surface area contributed by atoms with Gasteiger partial charge < -0.3 is 14.6 Å². The summed E-state index contributed by atoms with van der Waals surface area (Å²) in [5.74, 6) is -1.25. The van der Waals surface area contributed by atoms with Crippen molar-refractivity contribution < 1.29 is 24.2 Å². The van der Waals surface area contributed by atoms with Gasteiger partial charge in [-0.05, 0) is 30.3 Å². The second-order valence-electron chi connectivity index (χ2n) is 4.91. The lowest BCUT2D eigenvalue weighted by atomic mass is 10.1. The number of hydrogen-bond donors (Lipinski definition) is 1. The highest BCUT2D eigenvalue weighted by atomic mass is 16.5. The Hall–Kier alpha value is -3.15. The first-order chi connectivity index (χ1) is 11.0. The van der Waals surface area contributed by atoms with Crippen molar-refractivity contribution in [1.82, 2.24) is 4.98 Å². The lowest BCUT2D eigenvalue weighted by Gasteiger charge is -2.08. The number of nitrogens with zero attached hydrogens (tertiary/aromatic N) is 1. The smallest absolute Gasteiger partial charge is 0.341 e. The summed E-state index contributed by atoms with van der Waals surface area (Å²) in [5.41, 5.74) is 1.56. The highest BCUT2D eigenvalue weighted by Gasteiger charge is 2.16. The molecule has 0 saturated carbocycles. The van der Waals surface area contributed by atoms with Crippen molar-refractivity contribution in [3.8, 4) is 5.75 Å². The third-order valence-corrected chi connectivity index (χ3v) is 3.59. The van der Waals surface area contributed by atoms with Crippen LogP contribution in [0.4, 0.5) is 0 Å². The topological polar surface area (TPSA) is 85.7 Å². The Balaban J connectivity index is 2.24. The summed E-state index contributed by atoms with van der Waals surface area (Å²) in [4.78, 5) is 27.6. The summed E-state index contributed by atoms with van der Waals surface area (Å²) in [7, 11) is 2.56. The van der Waals surface area contributed by atoms with Crippen molar-refractivity contribution in [3.05, 3.63) is 47.5 Å². The zero-order chi connectivity index (χ0) is 16.6. The number of pyridine rings is 1. The molecule has 0 saturated heterocycles. The van der Waals surface area contributed by atoms with E-state index in [1.807, 2.05) is 0 Å². The van der Waals surface area contributed by atoms with Gasteiger partial charge in [0.15, 0.2) is 0 Å². The lowest BCUT2D eigenvalue weighted by Crippen LogP contribution is -2.02. The molecule has 116 valence electrons. The summed E-state index contributed by atoms with van der Waals surface area (Å²) in [6, 6.07) is 9.71. The number of aromatic nitrogens is 1. The maximum atomic E-state index is 11.6. The summed E-state index contributed by atoms with van der Waals surface area (Å²) >= 11 is 0. The second-order valence-corrected chi connectivity index (χ2v) is 4.91. The quantitative estimate of drug-likeness (QED) is 0.578. The summed E-state index contributed by atoms with van der Waals surface area (Å²) in [6.07, 6.45) is 0. The predicted molar refractivity (Wildman–Crippen MR) is 83.6 cm³/mol. The molecule has 0 aliphatic heterocycles. The number of esters is 2. The fraction of sp³-hybridized carbons (Fsp3) is 0.118. The van der Waals surface area contributed by atoms with Crippen LogP contribution in [0.15, 0.2) is 36.4 Å². The molecule has 2 aromatic carbocycles. The van der Waals surface area contributed by atoms with E-state index in [9.17, 15) is 14.7 Å². The highest BCUT2D eigenvalue weighted by molar-refractivity contribution is 6.04. The van der Waals surface area contributed by atoms with Crippen molar-refractivity contribution in [2.75, 3.05) is 14.2 Å². The fourth-order valence-corrected chi connectivity index (χ4v) is 2.40. The van der Waals surface area contributed by atoms with Gasteiger partial charge in [-0.25, -0.2) is 14.6 Å². The van der Waals surface area contributed by atoms with Gasteiger partial charge >= 0.3 is 11.9 Å². The minimum absolute atomic E-state index is 0.0762. The Bertz CT molecular complexity index is 949. The van der Waals surface area contributed by atoms with Gasteiger partial charge in [-0.2, -0.15) is 0 Å². The van der Waals surface area contributed by atoms with Crippen LogP contribution in [-0.2, 0) is 9.47 Å². The number of ether oxygens (including phenoxy) is 2. The van der Waals surface area contributed by atoms with Gasteiger partial charge in [0, 0.05) is 10.8 Å². The lowest BCUT2D eigenvalue weighted by molar-refractivity contribution is 0.0590. The van der Waals surface area contributed by atoms with Gasteiger partial charge in [0.2, 0.25) is 0 Å². The highest BCUT2D eigenvalue weighted by Crippen LogP contribution is 2.31. The first-order valence-electron chi connectivity index (χ1n) is 6.78. The van der Waals surface area contributed by atoms with E-state index in [1.165, 1.54) is 20.3 Å². The van der Waals surface area contributed by atoms with Crippen LogP contribution >= 0.6 is 0 Å². The number of phenols is 1. The van der Waals surface area contributed by atoms with Crippen LogP contribution in [0, 0.1) is 0 Å². The Labute approximate surface area is 131 Å². The number of carbonyl (C=O) groups is 2. The molecule has 0 atom stereocenters. The average Bonchev–Trinajstić information content (AvgIpc) is 2.59. The Morgan fingerprint density at radius 2 is 1.70 bits per heavy atom. The molecule has 3 aromatic rings. The Kier molecular flexibility index (Phi) is 3.57. The second kappa shape index (κ2) is 5.57. The van der Waals surface area contributed by atoms with E-state index in [0.29, 0.717) is 22.0 Å². The van der Waals surface area contributed by atoms with Gasteiger partial charge in [-0.1, -0.05) is 6.07 Å². The van der Waals surface area contributed by atoms with Crippen molar-refractivity contribution in [3.63, 3.8) is 0 Å². The molecule has 0 aliphatic rings. The minimum atomic E-state index is -0.620. The van der Waals surface area contributed by atoms with Crippen molar-refractivity contribution in [1.29, 1.82) is 0 Å². The number of aromatic hydroxyl groups is 1. The van der Waals surface area contributed by atoms with Gasteiger partial charge in [-0.15, -0.1) is 0 Å². The molecule has 0 radical (unpaired) electrons. The molecule has 1 heterocycles. The largest absolute Gasteiger partial charge is 0.506 e. The minimum Gasteiger partial charge on any atom is -0.506 e. The van der Waals surface area contributed by atoms with Crippen LogP contribution in [0.2, 0.25) is 0 Å². The summed E-state index contributed by atoms with van der Waals surface area (Å²) in [5, 5.41) is 11.4.